The van der Waals surface area contributed by atoms with Crippen molar-refractivity contribution in [2.75, 3.05) is 11.9 Å². The molecule has 0 heterocycles. The zero-order chi connectivity index (χ0) is 16.4. The van der Waals surface area contributed by atoms with E-state index in [-0.39, 0.29) is 5.46 Å². The van der Waals surface area contributed by atoms with Crippen LogP contribution in [0.4, 0.5) is 23.2 Å². The number of carbonyl (C=O) groups is 1. The summed E-state index contributed by atoms with van der Waals surface area (Å²) in [6.45, 7) is -0.589. The first-order valence-corrected chi connectivity index (χ1v) is 5.83. The topological polar surface area (TPSA) is 95.6 Å². The van der Waals surface area contributed by atoms with Gasteiger partial charge in [0.2, 0.25) is 5.91 Å². The first kappa shape index (κ1) is 17.7. The highest BCUT2D eigenvalue weighted by atomic mass is 35.5. The number of nitrogens with two attached hydrogens (primary N) is 1. The molecule has 1 aromatic rings. The van der Waals surface area contributed by atoms with E-state index in [1.807, 2.05) is 5.32 Å². The van der Waals surface area contributed by atoms with Gasteiger partial charge in [0, 0.05) is 5.69 Å². The molecule has 1 amide bonds. The van der Waals surface area contributed by atoms with Gasteiger partial charge in [0.05, 0.1) is 12.1 Å². The van der Waals surface area contributed by atoms with Crippen LogP contribution in [0.5, 0.6) is 0 Å². The minimum absolute atomic E-state index is 0.292. The summed E-state index contributed by atoms with van der Waals surface area (Å²) in [5, 5.41) is 14.9. The quantitative estimate of drug-likeness (QED) is 0.352. The predicted molar refractivity (Wildman–Crippen MR) is 68.6 cm³/mol. The number of alkyl halides is 5. The van der Waals surface area contributed by atoms with Crippen molar-refractivity contribution in [1.82, 2.24) is 0 Å². The Morgan fingerprint density at radius 3 is 2.33 bits per heavy atom. The second-order valence-corrected chi connectivity index (χ2v) is 4.48. The molecule has 11 heteroatoms. The van der Waals surface area contributed by atoms with Gasteiger partial charge in [0.1, 0.15) is 0 Å². The molecule has 0 saturated carbocycles. The van der Waals surface area contributed by atoms with E-state index in [4.69, 9.17) is 15.8 Å². The van der Waals surface area contributed by atoms with Crippen molar-refractivity contribution < 1.29 is 32.4 Å². The largest absolute Gasteiger partial charge is 0.488 e. The van der Waals surface area contributed by atoms with E-state index in [0.717, 1.165) is 6.07 Å². The maximum Gasteiger partial charge on any atom is 0.488 e. The fourth-order valence-corrected chi connectivity index (χ4v) is 1.56. The van der Waals surface area contributed by atoms with Crippen LogP contribution in [0.2, 0.25) is 0 Å². The molecule has 0 aliphatic carbocycles. The fraction of sp³-hybridized carbons (Fsp3) is 0.300. The van der Waals surface area contributed by atoms with E-state index >= 15 is 0 Å². The molecule has 21 heavy (non-hydrogen) atoms. The summed E-state index contributed by atoms with van der Waals surface area (Å²) in [5.74, 6) is -5.74. The van der Waals surface area contributed by atoms with E-state index in [2.05, 4.69) is 11.6 Å². The van der Waals surface area contributed by atoms with Crippen LogP contribution in [0.3, 0.4) is 0 Å². The zero-order valence-corrected chi connectivity index (χ0v) is 11.0. The van der Waals surface area contributed by atoms with Crippen molar-refractivity contribution in [3.63, 3.8) is 0 Å². The number of benzene rings is 1. The van der Waals surface area contributed by atoms with E-state index < -0.39 is 42.1 Å². The van der Waals surface area contributed by atoms with Gasteiger partial charge < -0.3 is 21.1 Å². The summed E-state index contributed by atoms with van der Waals surface area (Å²) in [5.41, 5.74) is 2.67. The van der Waals surface area contributed by atoms with Crippen LogP contribution in [0.1, 0.15) is 5.56 Å². The standard InChI is InChI=1S/C10H10BClF4N2O3/c12-10(15,16)9(13,14)6-2-1-5(11(20)21)3-7(6)18-8(19)4-17/h1-3,20-21H,4,17H2,(H,18,19). The first-order valence-electron chi connectivity index (χ1n) is 5.45. The van der Waals surface area contributed by atoms with Crippen LogP contribution in [0.25, 0.3) is 0 Å². The van der Waals surface area contributed by atoms with Gasteiger partial charge in [-0.2, -0.15) is 17.6 Å². The molecule has 0 aliphatic heterocycles. The van der Waals surface area contributed by atoms with E-state index in [9.17, 15) is 22.4 Å². The molecule has 5 N–H and O–H groups in total. The van der Waals surface area contributed by atoms with Crippen LogP contribution in [-0.4, -0.2) is 35.0 Å². The minimum atomic E-state index is -4.91. The maximum absolute atomic E-state index is 13.6. The SMILES string of the molecule is NCC(=O)Nc1cc(B(O)O)ccc1C(F)(F)C(F)(F)Cl. The van der Waals surface area contributed by atoms with Crippen molar-refractivity contribution >= 4 is 35.8 Å². The third-order valence-corrected chi connectivity index (χ3v) is 2.73. The van der Waals surface area contributed by atoms with Crippen molar-refractivity contribution in [2.45, 2.75) is 11.3 Å². The molecule has 0 radical (unpaired) electrons. The molecule has 0 bridgehead atoms. The van der Waals surface area contributed by atoms with Crippen molar-refractivity contribution in [3.8, 4) is 0 Å². The third-order valence-electron chi connectivity index (χ3n) is 2.50. The highest BCUT2D eigenvalue weighted by Gasteiger charge is 2.57. The van der Waals surface area contributed by atoms with Crippen LogP contribution < -0.4 is 16.5 Å². The molecule has 0 aromatic heterocycles. The second kappa shape index (κ2) is 6.18. The van der Waals surface area contributed by atoms with E-state index in [1.165, 1.54) is 0 Å². The van der Waals surface area contributed by atoms with Gasteiger partial charge in [-0.05, 0) is 23.1 Å². The maximum atomic E-state index is 13.6. The summed E-state index contributed by atoms with van der Waals surface area (Å²) >= 11 is 4.38. The van der Waals surface area contributed by atoms with Crippen LogP contribution in [0, 0.1) is 0 Å². The Kier molecular flexibility index (Phi) is 5.21. The molecule has 0 atom stereocenters. The molecule has 1 aromatic carbocycles. The summed E-state index contributed by atoms with van der Waals surface area (Å²) in [6.07, 6.45) is 0. The zero-order valence-electron chi connectivity index (χ0n) is 10.3. The van der Waals surface area contributed by atoms with Gasteiger partial charge in [-0.3, -0.25) is 4.79 Å². The lowest BCUT2D eigenvalue weighted by Gasteiger charge is -2.24. The van der Waals surface area contributed by atoms with Gasteiger partial charge in [0.15, 0.2) is 0 Å². The average molecular weight is 328 g/mol. The predicted octanol–water partition coefficient (Wildman–Crippen LogP) is 0.187. The molecular formula is C10H10BClF4N2O3. The van der Waals surface area contributed by atoms with Crippen molar-refractivity contribution in [2.24, 2.45) is 5.73 Å². The number of halogens is 5. The smallest absolute Gasteiger partial charge is 0.423 e. The van der Waals surface area contributed by atoms with Gasteiger partial charge in [-0.15, -0.1) is 0 Å². The highest BCUT2D eigenvalue weighted by molar-refractivity contribution is 6.58. The summed E-state index contributed by atoms with van der Waals surface area (Å²) < 4.78 is 52.9. The number of carbonyl (C=O) groups excluding carboxylic acids is 1. The number of hydrogen-bond acceptors (Lipinski definition) is 4. The number of anilines is 1. The molecule has 0 fully saturated rings. The van der Waals surface area contributed by atoms with E-state index in [0.29, 0.717) is 12.1 Å². The Morgan fingerprint density at radius 1 is 1.33 bits per heavy atom. The lowest BCUT2D eigenvalue weighted by Crippen LogP contribution is -2.36. The van der Waals surface area contributed by atoms with Gasteiger partial charge in [0.25, 0.3) is 0 Å². The third kappa shape index (κ3) is 3.85. The highest BCUT2D eigenvalue weighted by Crippen LogP contribution is 2.47. The normalized spacial score (nSPS) is 12.2. The Bertz CT molecular complexity index is 540. The summed E-state index contributed by atoms with van der Waals surface area (Å²) in [4.78, 5) is 11.2. The van der Waals surface area contributed by atoms with Crippen LogP contribution in [-0.2, 0) is 10.7 Å². The van der Waals surface area contributed by atoms with E-state index in [1.54, 1.807) is 0 Å². The minimum Gasteiger partial charge on any atom is -0.423 e. The van der Waals surface area contributed by atoms with Gasteiger partial charge in [-0.25, -0.2) is 0 Å². The Balaban J connectivity index is 3.40. The van der Waals surface area contributed by atoms with Crippen LogP contribution >= 0.6 is 11.6 Å². The number of nitrogens with one attached hydrogen (secondary N) is 1. The Labute approximate surface area is 121 Å². The monoisotopic (exact) mass is 328 g/mol. The second-order valence-electron chi connectivity index (χ2n) is 4.00. The molecular weight excluding hydrogens is 318 g/mol. The molecule has 0 saturated heterocycles. The molecule has 5 nitrogen and oxygen atoms in total. The van der Waals surface area contributed by atoms with Gasteiger partial charge >= 0.3 is 18.4 Å². The molecule has 0 aliphatic rings. The molecule has 1 rings (SSSR count). The molecule has 0 spiro atoms. The molecule has 0 unspecified atom stereocenters. The molecule has 116 valence electrons. The average Bonchev–Trinajstić information content (AvgIpc) is 2.36. The Morgan fingerprint density at radius 2 is 1.90 bits per heavy atom. The number of amides is 1. The number of rotatable bonds is 5. The lowest BCUT2D eigenvalue weighted by atomic mass is 9.79. The summed E-state index contributed by atoms with van der Waals surface area (Å²) in [6, 6.07) is 2.01. The van der Waals surface area contributed by atoms with Crippen molar-refractivity contribution in [1.29, 1.82) is 0 Å². The number of hydrogen-bond donors (Lipinski definition) is 4. The summed E-state index contributed by atoms with van der Waals surface area (Å²) in [7, 11) is -2.04. The van der Waals surface area contributed by atoms with Crippen LogP contribution in [0.15, 0.2) is 18.2 Å². The lowest BCUT2D eigenvalue weighted by molar-refractivity contribution is -0.163. The Hall–Kier alpha value is -1.36. The first-order chi connectivity index (χ1) is 9.50. The van der Waals surface area contributed by atoms with Gasteiger partial charge in [-0.1, -0.05) is 12.1 Å². The van der Waals surface area contributed by atoms with Crippen molar-refractivity contribution in [3.05, 3.63) is 23.8 Å². The fourth-order valence-electron chi connectivity index (χ4n) is 1.45.